The van der Waals surface area contributed by atoms with Crippen molar-refractivity contribution in [3.63, 3.8) is 0 Å². The van der Waals surface area contributed by atoms with Crippen LogP contribution >= 0.6 is 0 Å². The van der Waals surface area contributed by atoms with Crippen LogP contribution in [-0.4, -0.2) is 56.3 Å². The molecule has 164 valence electrons. The molecule has 1 aromatic rings. The number of rotatable bonds is 10. The van der Waals surface area contributed by atoms with Gasteiger partial charge in [0.15, 0.2) is 0 Å². The number of ether oxygens (including phenoxy) is 1. The minimum atomic E-state index is 0.573. The van der Waals surface area contributed by atoms with Crippen molar-refractivity contribution in [3.05, 3.63) is 29.8 Å². The summed E-state index contributed by atoms with van der Waals surface area (Å²) in [5.41, 5.74) is 1.38. The fourth-order valence-electron chi connectivity index (χ4n) is 4.75. The van der Waals surface area contributed by atoms with Gasteiger partial charge in [0, 0.05) is 31.7 Å². The van der Waals surface area contributed by atoms with E-state index in [1.165, 1.54) is 57.3 Å². The summed E-state index contributed by atoms with van der Waals surface area (Å²) in [6.07, 6.45) is 7.77. The van der Waals surface area contributed by atoms with Crippen LogP contribution in [0, 0.1) is 11.8 Å². The quantitative estimate of drug-likeness (QED) is 0.619. The van der Waals surface area contributed by atoms with Crippen LogP contribution in [0.15, 0.2) is 24.3 Å². The maximum absolute atomic E-state index is 5.97. The SMILES string of the molecule is CC(CC1CCCCCN1)NCCc1ccc(OCCN2CC(C)C(C)C2)cc1. The van der Waals surface area contributed by atoms with Gasteiger partial charge in [0.2, 0.25) is 0 Å². The second-order valence-corrected chi connectivity index (χ2v) is 9.55. The molecule has 29 heavy (non-hydrogen) atoms. The summed E-state index contributed by atoms with van der Waals surface area (Å²) in [4.78, 5) is 2.53. The molecule has 0 aliphatic carbocycles. The van der Waals surface area contributed by atoms with Crippen molar-refractivity contribution >= 4 is 0 Å². The molecule has 0 saturated carbocycles. The number of benzene rings is 1. The second kappa shape index (κ2) is 11.9. The molecule has 4 unspecified atom stereocenters. The first-order valence-electron chi connectivity index (χ1n) is 12.0. The lowest BCUT2D eigenvalue weighted by Crippen LogP contribution is -2.37. The van der Waals surface area contributed by atoms with E-state index in [1.54, 1.807) is 0 Å². The van der Waals surface area contributed by atoms with Gasteiger partial charge in [0.05, 0.1) is 0 Å². The van der Waals surface area contributed by atoms with Gasteiger partial charge in [-0.1, -0.05) is 38.8 Å². The summed E-state index contributed by atoms with van der Waals surface area (Å²) < 4.78 is 5.97. The molecule has 4 atom stereocenters. The van der Waals surface area contributed by atoms with E-state index in [0.29, 0.717) is 12.1 Å². The Morgan fingerprint density at radius 3 is 2.62 bits per heavy atom. The Morgan fingerprint density at radius 2 is 1.86 bits per heavy atom. The molecule has 1 aromatic carbocycles. The molecule has 2 heterocycles. The molecule has 0 radical (unpaired) electrons. The van der Waals surface area contributed by atoms with Crippen molar-refractivity contribution < 1.29 is 4.74 Å². The summed E-state index contributed by atoms with van der Waals surface area (Å²) >= 11 is 0. The van der Waals surface area contributed by atoms with E-state index >= 15 is 0 Å². The zero-order chi connectivity index (χ0) is 20.5. The molecule has 2 saturated heterocycles. The largest absolute Gasteiger partial charge is 0.492 e. The van der Waals surface area contributed by atoms with Gasteiger partial charge in [-0.25, -0.2) is 0 Å². The van der Waals surface area contributed by atoms with Gasteiger partial charge < -0.3 is 15.4 Å². The lowest BCUT2D eigenvalue weighted by Gasteiger charge is -2.21. The van der Waals surface area contributed by atoms with Crippen molar-refractivity contribution in [1.82, 2.24) is 15.5 Å². The lowest BCUT2D eigenvalue weighted by atomic mass is 10.0. The monoisotopic (exact) mass is 401 g/mol. The molecule has 2 aliphatic rings. The molecular weight excluding hydrogens is 358 g/mol. The number of likely N-dealkylation sites (tertiary alicyclic amines) is 1. The molecular formula is C25H43N3O. The van der Waals surface area contributed by atoms with Crippen LogP contribution in [0.2, 0.25) is 0 Å². The van der Waals surface area contributed by atoms with E-state index in [4.69, 9.17) is 4.74 Å². The van der Waals surface area contributed by atoms with Crippen molar-refractivity contribution in [1.29, 1.82) is 0 Å². The van der Waals surface area contributed by atoms with E-state index in [9.17, 15) is 0 Å². The van der Waals surface area contributed by atoms with Gasteiger partial charge in [0.25, 0.3) is 0 Å². The highest BCUT2D eigenvalue weighted by Crippen LogP contribution is 2.21. The Balaban J connectivity index is 1.28. The normalized spacial score (nSPS) is 26.9. The third-order valence-corrected chi connectivity index (χ3v) is 6.87. The average molecular weight is 402 g/mol. The minimum Gasteiger partial charge on any atom is -0.492 e. The first kappa shape index (κ1) is 22.6. The fourth-order valence-corrected chi connectivity index (χ4v) is 4.75. The molecule has 2 aliphatic heterocycles. The lowest BCUT2D eigenvalue weighted by molar-refractivity contribution is 0.232. The van der Waals surface area contributed by atoms with E-state index in [0.717, 1.165) is 43.7 Å². The molecule has 0 spiro atoms. The standard InChI is InChI=1S/C25H43N3O/c1-20-18-28(19-21(20)2)15-16-29-25-10-8-23(9-11-25)12-14-26-22(3)17-24-7-5-4-6-13-27-24/h8-11,20-22,24,26-27H,4-7,12-19H2,1-3H3. The van der Waals surface area contributed by atoms with E-state index < -0.39 is 0 Å². The van der Waals surface area contributed by atoms with Crippen molar-refractivity contribution in [2.24, 2.45) is 11.8 Å². The molecule has 2 N–H and O–H groups in total. The predicted molar refractivity (Wildman–Crippen MR) is 123 cm³/mol. The van der Waals surface area contributed by atoms with Crippen LogP contribution in [0.5, 0.6) is 5.75 Å². The van der Waals surface area contributed by atoms with Crippen LogP contribution in [0.25, 0.3) is 0 Å². The Kier molecular flexibility index (Phi) is 9.29. The molecule has 2 fully saturated rings. The molecule has 0 aromatic heterocycles. The van der Waals surface area contributed by atoms with Gasteiger partial charge in [-0.05, 0) is 75.2 Å². The molecule has 4 nitrogen and oxygen atoms in total. The van der Waals surface area contributed by atoms with Crippen molar-refractivity contribution in [3.8, 4) is 5.75 Å². The zero-order valence-electron chi connectivity index (χ0n) is 19.0. The second-order valence-electron chi connectivity index (χ2n) is 9.55. The highest BCUT2D eigenvalue weighted by Gasteiger charge is 2.25. The van der Waals surface area contributed by atoms with Crippen molar-refractivity contribution in [2.45, 2.75) is 71.4 Å². The third-order valence-electron chi connectivity index (χ3n) is 6.87. The maximum Gasteiger partial charge on any atom is 0.119 e. The zero-order valence-corrected chi connectivity index (χ0v) is 19.0. The van der Waals surface area contributed by atoms with Crippen LogP contribution in [0.1, 0.15) is 58.4 Å². The van der Waals surface area contributed by atoms with E-state index in [-0.39, 0.29) is 0 Å². The van der Waals surface area contributed by atoms with Crippen molar-refractivity contribution in [2.75, 3.05) is 39.3 Å². The molecule has 3 rings (SSSR count). The summed E-state index contributed by atoms with van der Waals surface area (Å²) in [6, 6.07) is 9.96. The highest BCUT2D eigenvalue weighted by atomic mass is 16.5. The van der Waals surface area contributed by atoms with E-state index in [2.05, 4.69) is 60.6 Å². The Hall–Kier alpha value is -1.10. The summed E-state index contributed by atoms with van der Waals surface area (Å²) in [5, 5.41) is 7.42. The number of nitrogens with one attached hydrogen (secondary N) is 2. The number of hydrogen-bond donors (Lipinski definition) is 2. The number of hydrogen-bond acceptors (Lipinski definition) is 4. The fraction of sp³-hybridized carbons (Fsp3) is 0.760. The molecule has 0 bridgehead atoms. The predicted octanol–water partition coefficient (Wildman–Crippen LogP) is 4.10. The smallest absolute Gasteiger partial charge is 0.119 e. The third kappa shape index (κ3) is 7.92. The summed E-state index contributed by atoms with van der Waals surface area (Å²) in [7, 11) is 0. The van der Waals surface area contributed by atoms with Crippen LogP contribution < -0.4 is 15.4 Å². The van der Waals surface area contributed by atoms with Gasteiger partial charge in [0.1, 0.15) is 12.4 Å². The van der Waals surface area contributed by atoms with Crippen LogP contribution in [0.3, 0.4) is 0 Å². The first-order valence-corrected chi connectivity index (χ1v) is 12.0. The summed E-state index contributed by atoms with van der Waals surface area (Å²) in [5.74, 6) is 2.62. The molecule has 4 heteroatoms. The molecule has 0 amide bonds. The van der Waals surface area contributed by atoms with Gasteiger partial charge >= 0.3 is 0 Å². The summed E-state index contributed by atoms with van der Waals surface area (Å²) in [6.45, 7) is 13.5. The highest BCUT2D eigenvalue weighted by molar-refractivity contribution is 5.27. The first-order chi connectivity index (χ1) is 14.1. The van der Waals surface area contributed by atoms with E-state index in [1.807, 2.05) is 0 Å². The van der Waals surface area contributed by atoms with Crippen LogP contribution in [0.4, 0.5) is 0 Å². The minimum absolute atomic E-state index is 0.573. The number of nitrogens with zero attached hydrogens (tertiary/aromatic N) is 1. The average Bonchev–Trinajstić information content (AvgIpc) is 2.88. The van der Waals surface area contributed by atoms with Crippen LogP contribution in [-0.2, 0) is 6.42 Å². The Morgan fingerprint density at radius 1 is 1.10 bits per heavy atom. The van der Waals surface area contributed by atoms with Gasteiger partial charge in [-0.15, -0.1) is 0 Å². The maximum atomic E-state index is 5.97. The topological polar surface area (TPSA) is 36.5 Å². The Labute approximate surface area is 178 Å². The Bertz CT molecular complexity index is 558. The van der Waals surface area contributed by atoms with Gasteiger partial charge in [-0.3, -0.25) is 4.90 Å². The van der Waals surface area contributed by atoms with Gasteiger partial charge in [-0.2, -0.15) is 0 Å².